The van der Waals surface area contributed by atoms with Crippen molar-refractivity contribution in [1.82, 2.24) is 4.90 Å². The first-order valence-corrected chi connectivity index (χ1v) is 5.60. The predicted octanol–water partition coefficient (Wildman–Crippen LogP) is 0.630. The third kappa shape index (κ3) is 3.95. The minimum absolute atomic E-state index is 0.0705. The molecule has 1 rings (SSSR count). The van der Waals surface area contributed by atoms with Crippen LogP contribution in [0, 0.1) is 0 Å². The lowest BCUT2D eigenvalue weighted by atomic mass is 10.00. The van der Waals surface area contributed by atoms with Crippen LogP contribution in [0.2, 0.25) is 0 Å². The Morgan fingerprint density at radius 2 is 2.05 bits per heavy atom. The number of aliphatic hydroxyl groups excluding tert-OH is 1. The molecular weight excluding hydrogens is 267 g/mol. The van der Waals surface area contributed by atoms with Gasteiger partial charge in [0.1, 0.15) is 12.6 Å². The first-order valence-electron chi connectivity index (χ1n) is 5.60. The van der Waals surface area contributed by atoms with Gasteiger partial charge in [-0.2, -0.15) is 13.2 Å². The molecule has 0 bridgehead atoms. The van der Waals surface area contributed by atoms with Gasteiger partial charge in [0, 0.05) is 6.54 Å². The zero-order valence-electron chi connectivity index (χ0n) is 10.0. The van der Waals surface area contributed by atoms with Crippen molar-refractivity contribution < 1.29 is 32.6 Å². The molecule has 8 heteroatoms. The van der Waals surface area contributed by atoms with E-state index in [1.807, 2.05) is 0 Å². The van der Waals surface area contributed by atoms with Gasteiger partial charge in [0.15, 0.2) is 0 Å². The lowest BCUT2D eigenvalue weighted by Crippen LogP contribution is -2.56. The fourth-order valence-electron chi connectivity index (χ4n) is 1.82. The van der Waals surface area contributed by atoms with Crippen LogP contribution in [0.3, 0.4) is 0 Å². The van der Waals surface area contributed by atoms with Gasteiger partial charge in [-0.1, -0.05) is 12.7 Å². The molecule has 2 unspecified atom stereocenters. The number of amides is 1. The second kappa shape index (κ2) is 6.05. The van der Waals surface area contributed by atoms with Crippen LogP contribution in [-0.2, 0) is 14.3 Å². The molecule has 1 heterocycles. The summed E-state index contributed by atoms with van der Waals surface area (Å²) < 4.78 is 41.9. The summed E-state index contributed by atoms with van der Waals surface area (Å²) in [6.45, 7) is 2.62. The van der Waals surface area contributed by atoms with Crippen LogP contribution in [0.1, 0.15) is 12.8 Å². The van der Waals surface area contributed by atoms with E-state index in [-0.39, 0.29) is 19.4 Å². The number of aliphatic hydroxyl groups is 1. The van der Waals surface area contributed by atoms with Crippen LogP contribution in [0.5, 0.6) is 0 Å². The minimum atomic E-state index is -5.09. The highest BCUT2D eigenvalue weighted by atomic mass is 19.4. The van der Waals surface area contributed by atoms with Gasteiger partial charge in [0.25, 0.3) is 0 Å². The number of hydrogen-bond acceptors (Lipinski definition) is 4. The maximum atomic E-state index is 12.4. The largest absolute Gasteiger partial charge is 0.471 e. The number of piperidine rings is 1. The van der Waals surface area contributed by atoms with Crippen molar-refractivity contribution >= 4 is 11.9 Å². The molecule has 108 valence electrons. The number of rotatable bonds is 3. The Balaban J connectivity index is 2.84. The van der Waals surface area contributed by atoms with Crippen LogP contribution in [0.15, 0.2) is 12.7 Å². The summed E-state index contributed by atoms with van der Waals surface area (Å²) in [6.07, 6.45) is -4.83. The fourth-order valence-corrected chi connectivity index (χ4v) is 1.82. The third-order valence-corrected chi connectivity index (χ3v) is 2.68. The van der Waals surface area contributed by atoms with E-state index in [1.165, 1.54) is 6.08 Å². The number of nitrogens with zero attached hydrogens (tertiary/aromatic N) is 1. The molecule has 1 amide bonds. The lowest BCUT2D eigenvalue weighted by molar-refractivity contribution is -0.194. The maximum Gasteiger partial charge on any atom is 0.471 e. The van der Waals surface area contributed by atoms with E-state index in [0.29, 0.717) is 4.90 Å². The molecule has 0 radical (unpaired) electrons. The topological polar surface area (TPSA) is 66.8 Å². The van der Waals surface area contributed by atoms with E-state index in [4.69, 9.17) is 0 Å². The average Bonchev–Trinajstić information content (AvgIpc) is 2.33. The molecule has 2 atom stereocenters. The number of halogens is 3. The Labute approximate surface area is 107 Å². The Hall–Kier alpha value is -1.57. The van der Waals surface area contributed by atoms with Crippen molar-refractivity contribution in [3.05, 3.63) is 12.7 Å². The third-order valence-electron chi connectivity index (χ3n) is 2.68. The van der Waals surface area contributed by atoms with Gasteiger partial charge in [0.05, 0.1) is 6.10 Å². The standard InChI is InChI=1S/C11H14F3NO4/c1-2-5-19-9(17)8-4-3-7(16)6-15(8)10(18)11(12,13)14/h2,7-8,16H,1,3-6H2. The average molecular weight is 281 g/mol. The van der Waals surface area contributed by atoms with Crippen LogP contribution in [0.25, 0.3) is 0 Å². The molecule has 1 fully saturated rings. The second-order valence-corrected chi connectivity index (χ2v) is 4.12. The van der Waals surface area contributed by atoms with E-state index in [1.54, 1.807) is 0 Å². The van der Waals surface area contributed by atoms with Crippen molar-refractivity contribution in [1.29, 1.82) is 0 Å². The first-order chi connectivity index (χ1) is 8.77. The molecule has 19 heavy (non-hydrogen) atoms. The monoisotopic (exact) mass is 281 g/mol. The summed E-state index contributed by atoms with van der Waals surface area (Å²) in [4.78, 5) is 23.1. The van der Waals surface area contributed by atoms with Gasteiger partial charge in [-0.15, -0.1) is 0 Å². The first kappa shape index (κ1) is 15.5. The van der Waals surface area contributed by atoms with E-state index in [0.717, 1.165) is 0 Å². The van der Waals surface area contributed by atoms with Crippen molar-refractivity contribution in [3.63, 3.8) is 0 Å². The summed E-state index contributed by atoms with van der Waals surface area (Å²) in [7, 11) is 0. The van der Waals surface area contributed by atoms with Crippen molar-refractivity contribution in [3.8, 4) is 0 Å². The van der Waals surface area contributed by atoms with Crippen molar-refractivity contribution in [2.75, 3.05) is 13.2 Å². The number of carbonyl (C=O) groups is 2. The number of carbonyl (C=O) groups excluding carboxylic acids is 2. The Morgan fingerprint density at radius 1 is 1.42 bits per heavy atom. The number of hydrogen-bond donors (Lipinski definition) is 1. The quantitative estimate of drug-likeness (QED) is 0.608. The van der Waals surface area contributed by atoms with Crippen LogP contribution >= 0.6 is 0 Å². The minimum Gasteiger partial charge on any atom is -0.460 e. The molecule has 0 aromatic rings. The van der Waals surface area contributed by atoms with Gasteiger partial charge in [0.2, 0.25) is 0 Å². The maximum absolute atomic E-state index is 12.4. The summed E-state index contributed by atoms with van der Waals surface area (Å²) in [6, 6.07) is -1.32. The SMILES string of the molecule is C=CCOC(=O)C1CCC(O)CN1C(=O)C(F)(F)F. The van der Waals surface area contributed by atoms with Crippen LogP contribution in [0.4, 0.5) is 13.2 Å². The molecule has 0 saturated carbocycles. The van der Waals surface area contributed by atoms with Gasteiger partial charge in [-0.3, -0.25) is 4.79 Å². The Bertz CT molecular complexity index is 369. The van der Waals surface area contributed by atoms with E-state index in [9.17, 15) is 27.9 Å². The summed E-state index contributed by atoms with van der Waals surface area (Å²) in [5.74, 6) is -3.07. The summed E-state index contributed by atoms with van der Waals surface area (Å²) in [5, 5.41) is 9.34. The second-order valence-electron chi connectivity index (χ2n) is 4.12. The van der Waals surface area contributed by atoms with Crippen molar-refractivity contribution in [2.45, 2.75) is 31.2 Å². The fraction of sp³-hybridized carbons (Fsp3) is 0.636. The molecule has 1 N–H and O–H groups in total. The molecular formula is C11H14F3NO4. The molecule has 1 saturated heterocycles. The molecule has 0 aromatic carbocycles. The highest BCUT2D eigenvalue weighted by molar-refractivity contribution is 5.88. The van der Waals surface area contributed by atoms with Gasteiger partial charge in [-0.05, 0) is 12.8 Å². The summed E-state index contributed by atoms with van der Waals surface area (Å²) in [5.41, 5.74) is 0. The number of β-amino-alcohol motifs (C(OH)–C–C–N with tert-alkyl or cyclic N) is 1. The molecule has 1 aliphatic heterocycles. The lowest BCUT2D eigenvalue weighted by Gasteiger charge is -2.36. The molecule has 0 aliphatic carbocycles. The highest BCUT2D eigenvalue weighted by Crippen LogP contribution is 2.25. The van der Waals surface area contributed by atoms with Crippen molar-refractivity contribution in [2.24, 2.45) is 0 Å². The van der Waals surface area contributed by atoms with Gasteiger partial charge >= 0.3 is 18.1 Å². The Kier molecular flexibility index (Phi) is 4.93. The predicted molar refractivity (Wildman–Crippen MR) is 58.0 cm³/mol. The smallest absolute Gasteiger partial charge is 0.460 e. The Morgan fingerprint density at radius 3 is 2.58 bits per heavy atom. The molecule has 5 nitrogen and oxygen atoms in total. The highest BCUT2D eigenvalue weighted by Gasteiger charge is 2.48. The molecule has 0 aromatic heterocycles. The number of ether oxygens (including phenoxy) is 1. The zero-order chi connectivity index (χ0) is 14.6. The molecule has 0 spiro atoms. The number of likely N-dealkylation sites (tertiary alicyclic amines) is 1. The number of alkyl halides is 3. The van der Waals surface area contributed by atoms with E-state index in [2.05, 4.69) is 11.3 Å². The van der Waals surface area contributed by atoms with Gasteiger partial charge < -0.3 is 14.7 Å². The van der Waals surface area contributed by atoms with E-state index >= 15 is 0 Å². The van der Waals surface area contributed by atoms with Crippen LogP contribution in [-0.4, -0.2) is 53.4 Å². The van der Waals surface area contributed by atoms with E-state index < -0.39 is 36.7 Å². The van der Waals surface area contributed by atoms with Gasteiger partial charge in [-0.25, -0.2) is 4.79 Å². The normalized spacial score (nSPS) is 23.9. The molecule has 1 aliphatic rings. The van der Waals surface area contributed by atoms with Crippen LogP contribution < -0.4 is 0 Å². The zero-order valence-corrected chi connectivity index (χ0v) is 10.0. The number of esters is 1. The summed E-state index contributed by atoms with van der Waals surface area (Å²) >= 11 is 0.